The number of thiazole rings is 2. The first-order valence-corrected chi connectivity index (χ1v) is 11.7. The van der Waals surface area contributed by atoms with Gasteiger partial charge in [-0.15, -0.1) is 22.7 Å². The highest BCUT2D eigenvalue weighted by Gasteiger charge is 2.20. The van der Waals surface area contributed by atoms with Gasteiger partial charge >= 0.3 is 0 Å². The summed E-state index contributed by atoms with van der Waals surface area (Å²) in [5.41, 5.74) is 10.6. The van der Waals surface area contributed by atoms with Crippen LogP contribution in [-0.4, -0.2) is 40.4 Å². The molecule has 0 unspecified atom stereocenters. The van der Waals surface area contributed by atoms with Gasteiger partial charge in [0, 0.05) is 24.2 Å². The highest BCUT2D eigenvalue weighted by atomic mass is 32.1. The van der Waals surface area contributed by atoms with Crippen LogP contribution in [0.15, 0.2) is 40.9 Å². The number of nitrogens with two attached hydrogens (primary N) is 1. The number of benzene rings is 1. The number of primary amides is 1. The number of fused-ring (bicyclic) bond motifs is 4. The molecule has 0 aliphatic rings. The predicted molar refractivity (Wildman–Crippen MR) is 127 cm³/mol. The lowest BCUT2D eigenvalue weighted by atomic mass is 10.1. The van der Waals surface area contributed by atoms with Crippen LogP contribution in [0.2, 0.25) is 0 Å². The van der Waals surface area contributed by atoms with Crippen molar-refractivity contribution < 1.29 is 4.79 Å². The van der Waals surface area contributed by atoms with Crippen LogP contribution < -0.4 is 11.3 Å². The normalized spacial score (nSPS) is 11.8. The van der Waals surface area contributed by atoms with E-state index in [1.165, 1.54) is 27.4 Å². The van der Waals surface area contributed by atoms with Gasteiger partial charge in [-0.2, -0.15) is 10.2 Å². The van der Waals surface area contributed by atoms with Gasteiger partial charge in [0.1, 0.15) is 15.4 Å². The van der Waals surface area contributed by atoms with E-state index >= 15 is 0 Å². The van der Waals surface area contributed by atoms with E-state index in [0.29, 0.717) is 34.7 Å². The van der Waals surface area contributed by atoms with E-state index in [0.717, 1.165) is 31.6 Å². The number of amides is 1. The first kappa shape index (κ1) is 19.8. The van der Waals surface area contributed by atoms with E-state index < -0.39 is 5.91 Å². The molecule has 0 atom stereocenters. The van der Waals surface area contributed by atoms with Gasteiger partial charge in [0.15, 0.2) is 5.65 Å². The van der Waals surface area contributed by atoms with Crippen LogP contribution in [0, 0.1) is 0 Å². The van der Waals surface area contributed by atoms with E-state index in [4.69, 9.17) is 10.7 Å². The maximum Gasteiger partial charge on any atom is 0.291 e. The van der Waals surface area contributed by atoms with Crippen LogP contribution in [-0.2, 0) is 20.0 Å². The molecule has 0 fully saturated rings. The topological polar surface area (TPSA) is 137 Å². The Kier molecular flexibility index (Phi) is 4.38. The number of hydrogen-bond acceptors (Lipinski definition) is 8. The molecule has 0 aliphatic heterocycles. The van der Waals surface area contributed by atoms with Crippen molar-refractivity contribution in [2.24, 2.45) is 12.8 Å². The molecule has 0 saturated carbocycles. The Labute approximate surface area is 193 Å². The van der Waals surface area contributed by atoms with E-state index in [9.17, 15) is 9.59 Å². The predicted octanol–water partition coefficient (Wildman–Crippen LogP) is 2.42. The van der Waals surface area contributed by atoms with Crippen molar-refractivity contribution >= 4 is 60.7 Å². The number of nitrogens with one attached hydrogen (secondary N) is 1. The molecule has 1 aromatic carbocycles. The van der Waals surface area contributed by atoms with Gasteiger partial charge in [0.05, 0.1) is 40.4 Å². The lowest BCUT2D eigenvalue weighted by molar-refractivity contribution is 0.100. The first-order valence-electron chi connectivity index (χ1n) is 9.98. The fourth-order valence-corrected chi connectivity index (χ4v) is 5.86. The number of aryl methyl sites for hydroxylation is 1. The number of H-pyrrole nitrogens is 1. The van der Waals surface area contributed by atoms with Crippen LogP contribution >= 0.6 is 22.7 Å². The summed E-state index contributed by atoms with van der Waals surface area (Å²) < 4.78 is 4.15. The minimum atomic E-state index is -0.491. The van der Waals surface area contributed by atoms with Crippen molar-refractivity contribution in [2.75, 3.05) is 0 Å². The molecule has 6 aromatic rings. The van der Waals surface area contributed by atoms with Crippen LogP contribution in [0.1, 0.15) is 25.9 Å². The summed E-state index contributed by atoms with van der Waals surface area (Å²) in [7, 11) is 1.83. The van der Waals surface area contributed by atoms with Crippen molar-refractivity contribution in [3.8, 4) is 0 Å². The van der Waals surface area contributed by atoms with Gasteiger partial charge in [-0.25, -0.2) is 14.6 Å². The van der Waals surface area contributed by atoms with Gasteiger partial charge in [-0.1, -0.05) is 12.1 Å². The second-order valence-electron chi connectivity index (χ2n) is 7.61. The van der Waals surface area contributed by atoms with Crippen molar-refractivity contribution in [1.29, 1.82) is 0 Å². The van der Waals surface area contributed by atoms with Crippen molar-refractivity contribution in [2.45, 2.75) is 13.0 Å². The first-order chi connectivity index (χ1) is 16.0. The van der Waals surface area contributed by atoms with Crippen molar-refractivity contribution in [1.82, 2.24) is 34.5 Å². The number of hydrogen-bond donors (Lipinski definition) is 2. The summed E-state index contributed by atoms with van der Waals surface area (Å²) in [5.74, 6) is -0.491. The fraction of sp³-hybridized carbons (Fsp3) is 0.143. The molecule has 0 saturated heterocycles. The summed E-state index contributed by atoms with van der Waals surface area (Å²) in [6.07, 6.45) is 3.88. The van der Waals surface area contributed by atoms with E-state index in [-0.39, 0.29) is 5.56 Å². The van der Waals surface area contributed by atoms with Crippen molar-refractivity contribution in [3.63, 3.8) is 0 Å². The molecule has 0 radical (unpaired) electrons. The van der Waals surface area contributed by atoms with Crippen LogP contribution in [0.4, 0.5) is 0 Å². The number of aromatic amines is 1. The van der Waals surface area contributed by atoms with Crippen LogP contribution in [0.3, 0.4) is 0 Å². The van der Waals surface area contributed by atoms with E-state index in [2.05, 4.69) is 20.3 Å². The molecule has 33 heavy (non-hydrogen) atoms. The van der Waals surface area contributed by atoms with E-state index in [1.807, 2.05) is 25.2 Å². The fourth-order valence-electron chi connectivity index (χ4n) is 4.09. The second kappa shape index (κ2) is 7.32. The number of aromatic nitrogens is 7. The average Bonchev–Trinajstić information content (AvgIpc) is 3.56. The highest BCUT2D eigenvalue weighted by Crippen LogP contribution is 2.32. The van der Waals surface area contributed by atoms with Gasteiger partial charge < -0.3 is 10.3 Å². The molecule has 0 bridgehead atoms. The van der Waals surface area contributed by atoms with Gasteiger partial charge in [0.2, 0.25) is 0 Å². The molecule has 0 spiro atoms. The molecule has 12 heteroatoms. The second-order valence-corrected chi connectivity index (χ2v) is 9.54. The SMILES string of the molecule is Cn1c2nc(Cc3ncsc3C(N)=O)sc2c2cnn(Cc3cccc4[nH]ncc34)c(=O)c21. The Hall–Kier alpha value is -3.90. The quantitative estimate of drug-likeness (QED) is 0.392. The molecule has 1 amide bonds. The zero-order valence-corrected chi connectivity index (χ0v) is 18.9. The summed E-state index contributed by atoms with van der Waals surface area (Å²) in [4.78, 5) is 34.4. The van der Waals surface area contributed by atoms with Crippen molar-refractivity contribution in [3.05, 3.63) is 67.6 Å². The Balaban J connectivity index is 1.41. The Morgan fingerprint density at radius 2 is 2.12 bits per heavy atom. The molecular formula is C21H16N8O2S2. The molecule has 0 aliphatic carbocycles. The molecule has 5 heterocycles. The molecule has 3 N–H and O–H groups in total. The third-order valence-electron chi connectivity index (χ3n) is 5.65. The molecular weight excluding hydrogens is 460 g/mol. The van der Waals surface area contributed by atoms with Gasteiger partial charge in [0.25, 0.3) is 11.5 Å². The average molecular weight is 477 g/mol. The van der Waals surface area contributed by atoms with Crippen LogP contribution in [0.25, 0.3) is 32.2 Å². The van der Waals surface area contributed by atoms with Gasteiger partial charge in [-0.3, -0.25) is 14.7 Å². The lowest BCUT2D eigenvalue weighted by Gasteiger charge is -2.07. The molecule has 10 nitrogen and oxygen atoms in total. The largest absolute Gasteiger partial charge is 0.365 e. The summed E-state index contributed by atoms with van der Waals surface area (Å²) in [5, 5.41) is 14.0. The summed E-state index contributed by atoms with van der Waals surface area (Å²) in [6, 6.07) is 5.83. The highest BCUT2D eigenvalue weighted by molar-refractivity contribution is 7.19. The van der Waals surface area contributed by atoms with E-state index in [1.54, 1.807) is 22.5 Å². The number of carbonyl (C=O) groups excluding carboxylic acids is 1. The lowest BCUT2D eigenvalue weighted by Crippen LogP contribution is -2.24. The standard InChI is InChI=1S/C21H16N8O2S2/c1-28-16-12(17-20(28)26-15(33-17)5-14-18(19(22)30)32-9-23-14)7-25-29(21(16)31)8-10-3-2-4-13-11(10)6-24-27-13/h2-4,6-7,9H,5,8H2,1H3,(H2,22,30)(H,24,27). The Morgan fingerprint density at radius 3 is 2.97 bits per heavy atom. The zero-order chi connectivity index (χ0) is 22.7. The Morgan fingerprint density at radius 1 is 1.24 bits per heavy atom. The number of rotatable bonds is 5. The minimum Gasteiger partial charge on any atom is -0.365 e. The van der Waals surface area contributed by atoms with Crippen LogP contribution in [0.5, 0.6) is 0 Å². The third-order valence-corrected chi connectivity index (χ3v) is 7.61. The number of nitrogens with zero attached hydrogens (tertiary/aromatic N) is 6. The summed E-state index contributed by atoms with van der Waals surface area (Å²) >= 11 is 2.69. The molecule has 6 rings (SSSR count). The third kappa shape index (κ3) is 3.06. The Bertz CT molecular complexity index is 1750. The molecule has 164 valence electrons. The summed E-state index contributed by atoms with van der Waals surface area (Å²) in [6.45, 7) is 0.336. The monoisotopic (exact) mass is 476 g/mol. The maximum atomic E-state index is 13.3. The minimum absolute atomic E-state index is 0.183. The smallest absolute Gasteiger partial charge is 0.291 e. The zero-order valence-electron chi connectivity index (χ0n) is 17.3. The van der Waals surface area contributed by atoms with Gasteiger partial charge in [-0.05, 0) is 11.6 Å². The number of carbonyl (C=O) groups is 1. The maximum absolute atomic E-state index is 13.3. The molecule has 5 aromatic heterocycles.